The number of nitrogens with two attached hydrogens (primary N) is 1. The smallest absolute Gasteiger partial charge is 0.255 e. The molecule has 3 N–H and O–H groups in total. The van der Waals surface area contributed by atoms with Gasteiger partial charge in [0.1, 0.15) is 6.29 Å². The van der Waals surface area contributed by atoms with Gasteiger partial charge in [0.25, 0.3) is 5.91 Å². The minimum Gasteiger partial charge on any atom is -0.399 e. The average Bonchev–Trinajstić information content (AvgIpc) is 2.69. The van der Waals surface area contributed by atoms with Crippen molar-refractivity contribution < 1.29 is 9.59 Å². The summed E-state index contributed by atoms with van der Waals surface area (Å²) in [5, 5.41) is 11.2. The molecule has 0 heterocycles. The quantitative estimate of drug-likeness (QED) is 0.382. The summed E-state index contributed by atoms with van der Waals surface area (Å²) in [6, 6.07) is 17.7. The van der Waals surface area contributed by atoms with Crippen LogP contribution in [0.25, 0.3) is 0 Å². The van der Waals surface area contributed by atoms with E-state index in [1.54, 1.807) is 60.7 Å². The van der Waals surface area contributed by atoms with Gasteiger partial charge in [-0.2, -0.15) is 10.2 Å². The van der Waals surface area contributed by atoms with Crippen LogP contribution in [0.4, 0.5) is 22.7 Å². The number of carbonyl (C=O) groups is 2. The molecule has 4 rings (SSSR count). The molecule has 3 aromatic carbocycles. The number of nitrogens with one attached hydrogen (secondary N) is 1. The first-order chi connectivity index (χ1) is 13.6. The third-order valence-corrected chi connectivity index (χ3v) is 4.76. The second-order valence-corrected chi connectivity index (χ2v) is 6.57. The number of hydrogen-bond acceptors (Lipinski definition) is 5. The van der Waals surface area contributed by atoms with Crippen molar-refractivity contribution >= 4 is 34.9 Å². The van der Waals surface area contributed by atoms with Crippen LogP contribution in [0.15, 0.2) is 70.9 Å². The van der Waals surface area contributed by atoms with Gasteiger partial charge in [0.15, 0.2) is 0 Å². The van der Waals surface area contributed by atoms with Crippen molar-refractivity contribution in [1.82, 2.24) is 0 Å². The summed E-state index contributed by atoms with van der Waals surface area (Å²) in [4.78, 5) is 23.6. The van der Waals surface area contributed by atoms with Crippen LogP contribution >= 0.6 is 0 Å². The number of nitrogens with zero attached hydrogens (tertiary/aromatic N) is 2. The largest absolute Gasteiger partial charge is 0.399 e. The maximum atomic E-state index is 12.6. The number of azo groups is 1. The molecular formula is C22H18N4O2. The molecule has 0 bridgehead atoms. The van der Waals surface area contributed by atoms with E-state index in [9.17, 15) is 9.59 Å². The average molecular weight is 370 g/mol. The minimum atomic E-state index is -0.176. The lowest BCUT2D eigenvalue weighted by Crippen LogP contribution is -2.21. The van der Waals surface area contributed by atoms with E-state index in [1.807, 2.05) is 0 Å². The third kappa shape index (κ3) is 3.53. The molecule has 0 unspecified atom stereocenters. The highest BCUT2D eigenvalue weighted by atomic mass is 16.1. The topological polar surface area (TPSA) is 96.9 Å². The molecule has 1 aliphatic carbocycles. The molecule has 0 radical (unpaired) electrons. The number of aldehydes is 1. The van der Waals surface area contributed by atoms with Crippen molar-refractivity contribution in [2.45, 2.75) is 12.8 Å². The molecule has 1 amide bonds. The van der Waals surface area contributed by atoms with Gasteiger partial charge in [-0.05, 0) is 78.6 Å². The molecule has 0 spiro atoms. The normalized spacial score (nSPS) is 12.3. The van der Waals surface area contributed by atoms with Gasteiger partial charge < -0.3 is 11.1 Å². The van der Waals surface area contributed by atoms with Crippen molar-refractivity contribution in [3.8, 4) is 0 Å². The van der Waals surface area contributed by atoms with Crippen LogP contribution in [-0.4, -0.2) is 12.2 Å². The van der Waals surface area contributed by atoms with Crippen LogP contribution in [0.2, 0.25) is 0 Å². The SMILES string of the molecule is Nc1ccc(/N=N/c2ccc(NC(=O)c3ccc(C=O)c4c3CC4)cc2)cc1. The summed E-state index contributed by atoms with van der Waals surface area (Å²) in [6.07, 6.45) is 2.51. The third-order valence-electron chi connectivity index (χ3n) is 4.76. The molecular weight excluding hydrogens is 352 g/mol. The molecule has 3 aromatic rings. The molecule has 0 aliphatic heterocycles. The molecule has 6 heteroatoms. The van der Waals surface area contributed by atoms with Crippen molar-refractivity contribution in [1.29, 1.82) is 0 Å². The monoisotopic (exact) mass is 370 g/mol. The van der Waals surface area contributed by atoms with Crippen molar-refractivity contribution in [2.24, 2.45) is 10.2 Å². The summed E-state index contributed by atoms with van der Waals surface area (Å²) in [5.74, 6) is -0.176. The van der Waals surface area contributed by atoms with Gasteiger partial charge in [-0.15, -0.1) is 0 Å². The van der Waals surface area contributed by atoms with E-state index < -0.39 is 0 Å². The first-order valence-corrected chi connectivity index (χ1v) is 8.92. The highest BCUT2D eigenvalue weighted by Gasteiger charge is 2.23. The van der Waals surface area contributed by atoms with Crippen LogP contribution < -0.4 is 11.1 Å². The lowest BCUT2D eigenvalue weighted by molar-refractivity contribution is 0.102. The number of benzene rings is 3. The number of fused-ring (bicyclic) bond motifs is 1. The predicted molar refractivity (Wildman–Crippen MR) is 109 cm³/mol. The van der Waals surface area contributed by atoms with Crippen LogP contribution in [0.1, 0.15) is 31.8 Å². The Bertz CT molecular complexity index is 1070. The second-order valence-electron chi connectivity index (χ2n) is 6.57. The highest BCUT2D eigenvalue weighted by molar-refractivity contribution is 6.06. The zero-order valence-corrected chi connectivity index (χ0v) is 15.1. The Hall–Kier alpha value is -3.80. The van der Waals surface area contributed by atoms with Gasteiger partial charge in [-0.1, -0.05) is 6.07 Å². The van der Waals surface area contributed by atoms with E-state index >= 15 is 0 Å². The van der Waals surface area contributed by atoms with E-state index in [1.165, 1.54) is 0 Å². The fraction of sp³-hybridized carbons (Fsp3) is 0.0909. The first-order valence-electron chi connectivity index (χ1n) is 8.92. The van der Waals surface area contributed by atoms with Crippen LogP contribution in [0.3, 0.4) is 0 Å². The molecule has 28 heavy (non-hydrogen) atoms. The zero-order chi connectivity index (χ0) is 19.5. The Morgan fingerprint density at radius 2 is 1.46 bits per heavy atom. The molecule has 0 saturated carbocycles. The number of anilines is 2. The van der Waals surface area contributed by atoms with E-state index in [0.29, 0.717) is 33.9 Å². The second kappa shape index (κ2) is 7.44. The summed E-state index contributed by atoms with van der Waals surface area (Å²) in [5.41, 5.74) is 11.6. The van der Waals surface area contributed by atoms with Gasteiger partial charge in [-0.25, -0.2) is 0 Å². The molecule has 0 atom stereocenters. The molecule has 6 nitrogen and oxygen atoms in total. The summed E-state index contributed by atoms with van der Waals surface area (Å²) < 4.78 is 0. The Morgan fingerprint density at radius 1 is 0.857 bits per heavy atom. The van der Waals surface area contributed by atoms with Gasteiger partial charge in [-0.3, -0.25) is 9.59 Å². The summed E-state index contributed by atoms with van der Waals surface area (Å²) in [6.45, 7) is 0. The van der Waals surface area contributed by atoms with E-state index in [2.05, 4.69) is 15.5 Å². The lowest BCUT2D eigenvalue weighted by atomic mass is 9.81. The van der Waals surface area contributed by atoms with Gasteiger partial charge in [0.2, 0.25) is 0 Å². The van der Waals surface area contributed by atoms with E-state index in [-0.39, 0.29) is 5.91 Å². The van der Waals surface area contributed by atoms with Crippen LogP contribution in [-0.2, 0) is 12.8 Å². The van der Waals surface area contributed by atoms with Gasteiger partial charge >= 0.3 is 0 Å². The molecule has 138 valence electrons. The Labute approximate surface area is 162 Å². The highest BCUT2D eigenvalue weighted by Crippen LogP contribution is 2.30. The number of carbonyl (C=O) groups excluding carboxylic acids is 2. The summed E-state index contributed by atoms with van der Waals surface area (Å²) >= 11 is 0. The van der Waals surface area contributed by atoms with Crippen LogP contribution in [0, 0.1) is 0 Å². The standard InChI is InChI=1S/C22H18N4O2/c23-15-2-4-17(5-3-15)25-26-18-8-6-16(7-9-18)24-22(28)21-10-1-14(13-27)19-11-12-20(19)21/h1-10,13H,11-12,23H2,(H,24,28)/b26-25+. The Kier molecular flexibility index (Phi) is 4.68. The Balaban J connectivity index is 1.45. The fourth-order valence-corrected chi connectivity index (χ4v) is 3.15. The van der Waals surface area contributed by atoms with Gasteiger partial charge in [0, 0.05) is 22.5 Å². The number of nitrogen functional groups attached to an aromatic ring is 1. The number of hydrogen-bond donors (Lipinski definition) is 2. The van der Waals surface area contributed by atoms with E-state index in [4.69, 9.17) is 5.73 Å². The first kappa shape index (κ1) is 17.6. The lowest BCUT2D eigenvalue weighted by Gasteiger charge is -2.23. The fourth-order valence-electron chi connectivity index (χ4n) is 3.15. The van der Waals surface area contributed by atoms with E-state index in [0.717, 1.165) is 30.3 Å². The predicted octanol–water partition coefficient (Wildman–Crippen LogP) is 4.85. The number of rotatable bonds is 5. The molecule has 0 saturated heterocycles. The summed E-state index contributed by atoms with van der Waals surface area (Å²) in [7, 11) is 0. The molecule has 0 fully saturated rings. The zero-order valence-electron chi connectivity index (χ0n) is 15.1. The van der Waals surface area contributed by atoms with Crippen molar-refractivity contribution in [3.05, 3.63) is 82.9 Å². The maximum Gasteiger partial charge on any atom is 0.255 e. The van der Waals surface area contributed by atoms with Crippen molar-refractivity contribution in [2.75, 3.05) is 11.1 Å². The Morgan fingerprint density at radius 3 is 2.04 bits per heavy atom. The van der Waals surface area contributed by atoms with Gasteiger partial charge in [0.05, 0.1) is 11.4 Å². The maximum absolute atomic E-state index is 12.6. The molecule has 0 aromatic heterocycles. The van der Waals surface area contributed by atoms with Crippen molar-refractivity contribution in [3.63, 3.8) is 0 Å². The number of amides is 1. The van der Waals surface area contributed by atoms with Crippen LogP contribution in [0.5, 0.6) is 0 Å². The molecule has 1 aliphatic rings. The minimum absolute atomic E-state index is 0.176.